The predicted octanol–water partition coefficient (Wildman–Crippen LogP) is 3.67. The van der Waals surface area contributed by atoms with Crippen LogP contribution in [0.4, 0.5) is 11.5 Å². The molecule has 9 heteroatoms. The molecule has 1 aliphatic carbocycles. The second-order valence-electron chi connectivity index (χ2n) is 8.23. The van der Waals surface area contributed by atoms with Crippen LogP contribution in [0.15, 0.2) is 40.2 Å². The van der Waals surface area contributed by atoms with Gasteiger partial charge in [-0.25, -0.2) is 8.42 Å². The van der Waals surface area contributed by atoms with Gasteiger partial charge in [0, 0.05) is 25.0 Å². The lowest BCUT2D eigenvalue weighted by molar-refractivity contribution is 0.338. The summed E-state index contributed by atoms with van der Waals surface area (Å²) in [6, 6.07) is 7.13. The molecule has 2 N–H and O–H groups in total. The minimum atomic E-state index is -3.44. The second-order valence-corrected chi connectivity index (χ2v) is 10.2. The Morgan fingerprint density at radius 2 is 1.93 bits per heavy atom. The van der Waals surface area contributed by atoms with E-state index in [1.165, 1.54) is 23.6 Å². The number of hydrogen-bond donors (Lipinski definition) is 2. The number of nitrogens with zero attached hydrogens (tertiary/aromatic N) is 3. The minimum absolute atomic E-state index is 0.186. The van der Waals surface area contributed by atoms with Crippen LogP contribution in [0.2, 0.25) is 0 Å². The molecular weight excluding hydrogens is 402 g/mol. The van der Waals surface area contributed by atoms with Crippen LogP contribution in [0.25, 0.3) is 10.9 Å². The number of hydrogen-bond acceptors (Lipinski definition) is 5. The first-order valence-corrected chi connectivity index (χ1v) is 11.8. The largest absolute Gasteiger partial charge is 0.338 e. The third kappa shape index (κ3) is 2.87. The van der Waals surface area contributed by atoms with Gasteiger partial charge in [0.25, 0.3) is 5.56 Å². The number of aromatic amines is 1. The zero-order valence-corrected chi connectivity index (χ0v) is 17.9. The van der Waals surface area contributed by atoms with Crippen molar-refractivity contribution in [3.63, 3.8) is 0 Å². The van der Waals surface area contributed by atoms with E-state index in [9.17, 15) is 13.2 Å². The lowest BCUT2D eigenvalue weighted by atomic mass is 9.95. The zero-order chi connectivity index (χ0) is 21.0. The van der Waals surface area contributed by atoms with E-state index in [2.05, 4.69) is 10.3 Å². The van der Waals surface area contributed by atoms with Gasteiger partial charge in [0.05, 0.1) is 16.5 Å². The summed E-state index contributed by atoms with van der Waals surface area (Å²) < 4.78 is 28.4. The van der Waals surface area contributed by atoms with Crippen LogP contribution in [-0.2, 0) is 10.0 Å². The molecule has 30 heavy (non-hydrogen) atoms. The number of pyridine rings is 1. The molecule has 1 saturated carbocycles. The molecule has 0 amide bonds. The standard InChI is InChI=1S/C21H25N5O3S/c1-13-16-12-14(8-9-18(16)30(28,29)25(13)2)23-20-19-17(10-11-22-21(19)27)26(24-20)15-6-4-3-5-7-15/h8-13,15H,3-7H2,1-2H3,(H,22,27)(H,23,24). The lowest BCUT2D eigenvalue weighted by Crippen LogP contribution is -2.21. The first kappa shape index (κ1) is 19.3. The van der Waals surface area contributed by atoms with Crippen LogP contribution in [0.3, 0.4) is 0 Å². The summed E-state index contributed by atoms with van der Waals surface area (Å²) in [6.45, 7) is 1.87. The number of anilines is 2. The smallest absolute Gasteiger partial charge is 0.261 e. The summed E-state index contributed by atoms with van der Waals surface area (Å²) in [4.78, 5) is 15.7. The molecule has 0 radical (unpaired) electrons. The molecule has 1 atom stereocenters. The molecule has 2 aliphatic rings. The summed E-state index contributed by atoms with van der Waals surface area (Å²) in [6.07, 6.45) is 7.36. The maximum Gasteiger partial charge on any atom is 0.261 e. The summed E-state index contributed by atoms with van der Waals surface area (Å²) >= 11 is 0. The highest BCUT2D eigenvalue weighted by atomic mass is 32.2. The summed E-state index contributed by atoms with van der Waals surface area (Å²) in [5.74, 6) is 0.499. The molecule has 0 saturated heterocycles. The highest BCUT2D eigenvalue weighted by molar-refractivity contribution is 7.89. The average molecular weight is 428 g/mol. The first-order valence-electron chi connectivity index (χ1n) is 10.4. The van der Waals surface area contributed by atoms with Gasteiger partial charge in [0.1, 0.15) is 5.39 Å². The SMILES string of the molecule is CC1c2cc(Nc3nn(C4CCCCC4)c4cc[nH]c(=O)c34)ccc2S(=O)(=O)N1C. The van der Waals surface area contributed by atoms with Crippen molar-refractivity contribution in [2.75, 3.05) is 12.4 Å². The molecule has 0 spiro atoms. The highest BCUT2D eigenvalue weighted by Crippen LogP contribution is 2.40. The van der Waals surface area contributed by atoms with Gasteiger partial charge in [-0.05, 0) is 49.6 Å². The van der Waals surface area contributed by atoms with Gasteiger partial charge in [-0.2, -0.15) is 9.40 Å². The van der Waals surface area contributed by atoms with Crippen molar-refractivity contribution < 1.29 is 8.42 Å². The van der Waals surface area contributed by atoms with Gasteiger partial charge >= 0.3 is 0 Å². The molecular formula is C21H25N5O3S. The third-order valence-corrected chi connectivity index (χ3v) is 8.48. The molecule has 5 rings (SSSR count). The first-order chi connectivity index (χ1) is 14.4. The molecule has 3 aromatic rings. The monoisotopic (exact) mass is 427 g/mol. The molecule has 1 aliphatic heterocycles. The van der Waals surface area contributed by atoms with Gasteiger partial charge in [-0.1, -0.05) is 19.3 Å². The fourth-order valence-corrected chi connectivity index (χ4v) is 6.28. The molecule has 8 nitrogen and oxygen atoms in total. The Morgan fingerprint density at radius 3 is 2.70 bits per heavy atom. The molecule has 1 unspecified atom stereocenters. The van der Waals surface area contributed by atoms with Gasteiger partial charge in [-0.3, -0.25) is 9.48 Å². The number of rotatable bonds is 3. The van der Waals surface area contributed by atoms with E-state index in [0.29, 0.717) is 21.8 Å². The van der Waals surface area contributed by atoms with Gasteiger partial charge in [0.2, 0.25) is 10.0 Å². The van der Waals surface area contributed by atoms with Crippen molar-refractivity contribution >= 4 is 32.4 Å². The normalized spacial score (nSPS) is 21.7. The van der Waals surface area contributed by atoms with Gasteiger partial charge in [-0.15, -0.1) is 0 Å². The number of fused-ring (bicyclic) bond motifs is 2. The van der Waals surface area contributed by atoms with Gasteiger partial charge < -0.3 is 10.3 Å². The van der Waals surface area contributed by atoms with Crippen molar-refractivity contribution in [3.8, 4) is 0 Å². The van der Waals surface area contributed by atoms with Crippen molar-refractivity contribution in [2.45, 2.75) is 56.0 Å². The van der Waals surface area contributed by atoms with E-state index >= 15 is 0 Å². The lowest BCUT2D eigenvalue weighted by Gasteiger charge is -2.22. The number of aromatic nitrogens is 3. The zero-order valence-electron chi connectivity index (χ0n) is 17.1. The van der Waals surface area contributed by atoms with Crippen LogP contribution >= 0.6 is 0 Å². The van der Waals surface area contributed by atoms with Crippen LogP contribution in [0.1, 0.15) is 56.7 Å². The molecule has 0 bridgehead atoms. The topological polar surface area (TPSA) is 100 Å². The Labute approximate surface area is 175 Å². The van der Waals surface area contributed by atoms with E-state index in [1.807, 2.05) is 23.7 Å². The van der Waals surface area contributed by atoms with Crippen molar-refractivity contribution in [1.82, 2.24) is 19.1 Å². The van der Waals surface area contributed by atoms with Crippen LogP contribution in [0.5, 0.6) is 0 Å². The number of nitrogens with one attached hydrogen (secondary N) is 2. The minimum Gasteiger partial charge on any atom is -0.338 e. The fourth-order valence-electron chi connectivity index (χ4n) is 4.67. The van der Waals surface area contributed by atoms with E-state index in [4.69, 9.17) is 5.10 Å². The average Bonchev–Trinajstić information content (AvgIpc) is 3.19. The van der Waals surface area contributed by atoms with Crippen molar-refractivity contribution in [1.29, 1.82) is 0 Å². The number of benzene rings is 1. The molecule has 3 heterocycles. The van der Waals surface area contributed by atoms with Gasteiger partial charge in [0.15, 0.2) is 5.82 Å². The Balaban J connectivity index is 1.58. The maximum atomic E-state index is 12.6. The molecule has 2 aromatic heterocycles. The maximum absolute atomic E-state index is 12.6. The van der Waals surface area contributed by atoms with E-state index in [-0.39, 0.29) is 17.6 Å². The Hall–Kier alpha value is -2.65. The molecule has 1 aromatic carbocycles. The van der Waals surface area contributed by atoms with Crippen molar-refractivity contribution in [3.05, 3.63) is 46.4 Å². The summed E-state index contributed by atoms with van der Waals surface area (Å²) in [5, 5.41) is 8.59. The third-order valence-electron chi connectivity index (χ3n) is 6.48. The van der Waals surface area contributed by atoms with Crippen LogP contribution < -0.4 is 10.9 Å². The van der Waals surface area contributed by atoms with Crippen LogP contribution in [0, 0.1) is 0 Å². The summed E-state index contributed by atoms with van der Waals surface area (Å²) in [5.41, 5.74) is 2.09. The Morgan fingerprint density at radius 1 is 1.17 bits per heavy atom. The predicted molar refractivity (Wildman–Crippen MR) is 116 cm³/mol. The number of sulfonamides is 1. The molecule has 158 valence electrons. The molecule has 1 fully saturated rings. The van der Waals surface area contributed by atoms with E-state index in [0.717, 1.165) is 23.9 Å². The van der Waals surface area contributed by atoms with Crippen LogP contribution in [-0.4, -0.2) is 34.5 Å². The second kappa shape index (κ2) is 6.95. The Kier molecular flexibility index (Phi) is 4.48. The van der Waals surface area contributed by atoms with E-state index in [1.54, 1.807) is 25.4 Å². The van der Waals surface area contributed by atoms with E-state index < -0.39 is 10.0 Å². The highest BCUT2D eigenvalue weighted by Gasteiger charge is 2.37. The fraction of sp³-hybridized carbons (Fsp3) is 0.429. The Bertz CT molecular complexity index is 1290. The number of H-pyrrole nitrogens is 1. The quantitative estimate of drug-likeness (QED) is 0.664. The van der Waals surface area contributed by atoms with Crippen molar-refractivity contribution in [2.24, 2.45) is 0 Å². The summed E-state index contributed by atoms with van der Waals surface area (Å²) in [7, 11) is -1.85.